The van der Waals surface area contributed by atoms with E-state index < -0.39 is 11.4 Å². The summed E-state index contributed by atoms with van der Waals surface area (Å²) in [5, 5.41) is 15.2. The average molecular weight is 394 g/mol. The molecule has 0 radical (unpaired) electrons. The Hall–Kier alpha value is -2.96. The van der Waals surface area contributed by atoms with Crippen molar-refractivity contribution in [1.82, 2.24) is 19.5 Å². The van der Waals surface area contributed by atoms with Crippen molar-refractivity contribution in [2.75, 3.05) is 13.1 Å². The molecule has 0 spiro atoms. The van der Waals surface area contributed by atoms with Gasteiger partial charge in [-0.2, -0.15) is 5.10 Å². The van der Waals surface area contributed by atoms with Crippen LogP contribution < -0.4 is 0 Å². The Kier molecular flexibility index (Phi) is 4.76. The maximum absolute atomic E-state index is 12.8. The molecule has 1 aliphatic heterocycles. The van der Waals surface area contributed by atoms with E-state index in [-0.39, 0.29) is 12.5 Å². The predicted octanol–water partition coefficient (Wildman–Crippen LogP) is 3.15. The van der Waals surface area contributed by atoms with Gasteiger partial charge in [0, 0.05) is 36.3 Å². The Bertz CT molecular complexity index is 1120. The summed E-state index contributed by atoms with van der Waals surface area (Å²) >= 11 is 0. The molecule has 1 atom stereocenters. The third kappa shape index (κ3) is 3.34. The van der Waals surface area contributed by atoms with Crippen LogP contribution in [-0.4, -0.2) is 49.6 Å². The van der Waals surface area contributed by atoms with Gasteiger partial charge in [-0.05, 0) is 57.7 Å². The summed E-state index contributed by atoms with van der Waals surface area (Å²) in [5.41, 5.74) is 3.80. The van der Waals surface area contributed by atoms with Crippen molar-refractivity contribution < 1.29 is 14.7 Å². The summed E-state index contributed by atoms with van der Waals surface area (Å²) < 4.78 is 1.86. The van der Waals surface area contributed by atoms with Crippen LogP contribution in [0.15, 0.2) is 24.3 Å². The molecule has 152 valence electrons. The van der Waals surface area contributed by atoms with E-state index >= 15 is 0 Å². The van der Waals surface area contributed by atoms with Crippen molar-refractivity contribution in [2.45, 2.75) is 46.5 Å². The van der Waals surface area contributed by atoms with Gasteiger partial charge in [-0.3, -0.25) is 9.59 Å². The number of aromatic nitrogens is 3. The number of hydrogen-bond donors (Lipinski definition) is 1. The first-order chi connectivity index (χ1) is 13.8. The maximum Gasteiger partial charge on any atom is 0.311 e. The molecule has 4 rings (SSSR count). The van der Waals surface area contributed by atoms with Crippen LogP contribution in [0.25, 0.3) is 16.6 Å². The van der Waals surface area contributed by atoms with E-state index in [1.807, 2.05) is 42.6 Å². The van der Waals surface area contributed by atoms with Crippen molar-refractivity contribution in [3.05, 3.63) is 41.2 Å². The van der Waals surface area contributed by atoms with E-state index in [4.69, 9.17) is 4.98 Å². The second kappa shape index (κ2) is 7.13. The van der Waals surface area contributed by atoms with Crippen LogP contribution in [-0.2, 0) is 16.0 Å². The van der Waals surface area contributed by atoms with Gasteiger partial charge in [0.25, 0.3) is 0 Å². The lowest BCUT2D eigenvalue weighted by Crippen LogP contribution is -2.48. The molecule has 7 nitrogen and oxygen atoms in total. The molecule has 2 aromatic heterocycles. The van der Waals surface area contributed by atoms with E-state index in [9.17, 15) is 14.7 Å². The number of fused-ring (bicyclic) bond motifs is 3. The first-order valence-electron chi connectivity index (χ1n) is 10.0. The van der Waals surface area contributed by atoms with Gasteiger partial charge < -0.3 is 10.0 Å². The molecule has 1 saturated heterocycles. The Morgan fingerprint density at radius 2 is 2.00 bits per heavy atom. The van der Waals surface area contributed by atoms with Crippen molar-refractivity contribution in [2.24, 2.45) is 5.41 Å². The number of nitrogens with zero attached hydrogens (tertiary/aromatic N) is 4. The van der Waals surface area contributed by atoms with Crippen molar-refractivity contribution in [1.29, 1.82) is 0 Å². The summed E-state index contributed by atoms with van der Waals surface area (Å²) in [7, 11) is 0. The number of aliphatic carboxylic acids is 1. The molecule has 0 bridgehead atoms. The Morgan fingerprint density at radius 3 is 2.76 bits per heavy atom. The average Bonchev–Trinajstić information content (AvgIpc) is 3.06. The van der Waals surface area contributed by atoms with Gasteiger partial charge in [0.2, 0.25) is 5.91 Å². The van der Waals surface area contributed by atoms with E-state index in [0.29, 0.717) is 25.8 Å². The smallest absolute Gasteiger partial charge is 0.311 e. The minimum atomic E-state index is -0.852. The van der Waals surface area contributed by atoms with Gasteiger partial charge >= 0.3 is 5.97 Å². The maximum atomic E-state index is 12.8. The highest BCUT2D eigenvalue weighted by atomic mass is 16.4. The first-order valence-corrected chi connectivity index (χ1v) is 10.0. The molecule has 7 heteroatoms. The number of carboxylic acid groups (broad SMARTS) is 1. The fourth-order valence-corrected chi connectivity index (χ4v) is 4.36. The quantitative estimate of drug-likeness (QED) is 0.734. The predicted molar refractivity (Wildman–Crippen MR) is 110 cm³/mol. The highest BCUT2D eigenvalue weighted by Crippen LogP contribution is 2.30. The van der Waals surface area contributed by atoms with E-state index in [1.165, 1.54) is 0 Å². The number of carbonyl (C=O) groups excluding carboxylic acids is 1. The zero-order valence-electron chi connectivity index (χ0n) is 17.1. The fraction of sp³-hybridized carbons (Fsp3) is 0.455. The number of carbonyl (C=O) groups is 2. The van der Waals surface area contributed by atoms with Crippen LogP contribution in [0.1, 0.15) is 43.1 Å². The van der Waals surface area contributed by atoms with Crippen LogP contribution in [0.3, 0.4) is 0 Å². The lowest BCUT2D eigenvalue weighted by Gasteiger charge is -2.37. The van der Waals surface area contributed by atoms with Gasteiger partial charge in [-0.15, -0.1) is 0 Å². The fourth-order valence-electron chi connectivity index (χ4n) is 4.36. The molecule has 1 N–H and O–H groups in total. The lowest BCUT2D eigenvalue weighted by molar-refractivity contribution is -0.153. The lowest BCUT2D eigenvalue weighted by atomic mass is 9.82. The number of likely N-dealkylation sites (tertiary alicyclic amines) is 1. The number of benzene rings is 1. The van der Waals surface area contributed by atoms with Gasteiger partial charge in [0.05, 0.1) is 10.9 Å². The Labute approximate surface area is 169 Å². The van der Waals surface area contributed by atoms with Crippen LogP contribution in [0.5, 0.6) is 0 Å². The topological polar surface area (TPSA) is 87.8 Å². The summed E-state index contributed by atoms with van der Waals surface area (Å²) in [4.78, 5) is 30.8. The van der Waals surface area contributed by atoms with Gasteiger partial charge in [0.15, 0.2) is 5.65 Å². The minimum Gasteiger partial charge on any atom is -0.481 e. The molecule has 1 amide bonds. The first kappa shape index (κ1) is 19.4. The van der Waals surface area contributed by atoms with Crippen molar-refractivity contribution in [3.8, 4) is 0 Å². The molecule has 0 aliphatic carbocycles. The second-order valence-electron chi connectivity index (χ2n) is 8.30. The number of aryl methyl sites for hydroxylation is 2. The number of amides is 1. The van der Waals surface area contributed by atoms with Crippen LogP contribution in [0, 0.1) is 19.3 Å². The second-order valence-corrected chi connectivity index (χ2v) is 8.30. The Balaban J connectivity index is 1.56. The SMILES string of the molecule is Cc1nc2c3ccccc3nn2c(C)c1CCC(=O)N1CCCC(C)(C(=O)O)C1. The molecule has 1 fully saturated rings. The number of piperidine rings is 1. The number of rotatable bonds is 4. The summed E-state index contributed by atoms with van der Waals surface area (Å²) in [6.45, 7) is 6.61. The molecular formula is C22H26N4O3. The largest absolute Gasteiger partial charge is 0.481 e. The van der Waals surface area contributed by atoms with Crippen LogP contribution in [0.2, 0.25) is 0 Å². The molecule has 3 heterocycles. The highest BCUT2D eigenvalue weighted by Gasteiger charge is 2.39. The van der Waals surface area contributed by atoms with Crippen molar-refractivity contribution >= 4 is 28.4 Å². The highest BCUT2D eigenvalue weighted by molar-refractivity contribution is 5.92. The molecule has 1 aliphatic rings. The summed E-state index contributed by atoms with van der Waals surface area (Å²) in [5.74, 6) is -0.830. The van der Waals surface area contributed by atoms with Crippen molar-refractivity contribution in [3.63, 3.8) is 0 Å². The molecule has 1 unspecified atom stereocenters. The number of hydrogen-bond acceptors (Lipinski definition) is 4. The number of carboxylic acids is 1. The molecule has 1 aromatic carbocycles. The van der Waals surface area contributed by atoms with Gasteiger partial charge in [0.1, 0.15) is 0 Å². The summed E-state index contributed by atoms with van der Waals surface area (Å²) in [6.07, 6.45) is 2.24. The van der Waals surface area contributed by atoms with Gasteiger partial charge in [-0.25, -0.2) is 9.50 Å². The van der Waals surface area contributed by atoms with Gasteiger partial charge in [-0.1, -0.05) is 12.1 Å². The molecule has 0 saturated carbocycles. The minimum absolute atomic E-state index is 0.00157. The van der Waals surface area contributed by atoms with E-state index in [0.717, 1.165) is 39.9 Å². The third-order valence-corrected chi connectivity index (χ3v) is 6.17. The standard InChI is InChI=1S/C22H26N4O3/c1-14-16(9-10-19(27)25-12-6-11-22(3,13-25)21(28)29)15(2)26-20(23-14)17-7-4-5-8-18(17)24-26/h4-5,7-8H,6,9-13H2,1-3H3,(H,28,29). The molecular weight excluding hydrogens is 368 g/mol. The normalized spacial score (nSPS) is 19.8. The van der Waals surface area contributed by atoms with E-state index in [1.54, 1.807) is 11.8 Å². The van der Waals surface area contributed by atoms with Crippen LogP contribution in [0.4, 0.5) is 0 Å². The molecule has 29 heavy (non-hydrogen) atoms. The summed E-state index contributed by atoms with van der Waals surface area (Å²) in [6, 6.07) is 7.92. The zero-order chi connectivity index (χ0) is 20.8. The van der Waals surface area contributed by atoms with E-state index in [2.05, 4.69) is 5.10 Å². The monoisotopic (exact) mass is 394 g/mol. The Morgan fingerprint density at radius 1 is 1.24 bits per heavy atom. The zero-order valence-corrected chi connectivity index (χ0v) is 17.1. The van der Waals surface area contributed by atoms with Crippen LogP contribution >= 0.6 is 0 Å². The molecule has 3 aromatic rings. The third-order valence-electron chi connectivity index (χ3n) is 6.17.